The number of rotatable bonds is 5. The molecule has 0 aromatic carbocycles. The normalized spacial score (nSPS) is 31.8. The average Bonchev–Trinajstić information content (AvgIpc) is 2.59. The summed E-state index contributed by atoms with van der Waals surface area (Å²) in [7, 11) is 0. The van der Waals surface area contributed by atoms with Gasteiger partial charge in [-0.25, -0.2) is 4.79 Å². The highest BCUT2D eigenvalue weighted by atomic mass is 16.7. The fourth-order valence-electron chi connectivity index (χ4n) is 3.14. The lowest BCUT2D eigenvalue weighted by Gasteiger charge is -2.40. The van der Waals surface area contributed by atoms with Crippen LogP contribution in [0.4, 0.5) is 0 Å². The first-order valence-electron chi connectivity index (χ1n) is 6.46. The van der Waals surface area contributed by atoms with Crippen molar-refractivity contribution in [3.8, 4) is 0 Å². The largest absolute Gasteiger partial charge is 0.481 e. The number of hydrogen-bond acceptors (Lipinski definition) is 5. The van der Waals surface area contributed by atoms with Gasteiger partial charge in [-0.15, -0.1) is 0 Å². The Bertz CT molecular complexity index is 426. The van der Waals surface area contributed by atoms with Crippen molar-refractivity contribution >= 4 is 17.9 Å². The fraction of sp³-hybridized carbons (Fsp3) is 0.769. The Labute approximate surface area is 116 Å². The molecule has 1 rings (SSSR count). The minimum atomic E-state index is -1.68. The first-order valence-corrected chi connectivity index (χ1v) is 6.46. The Morgan fingerprint density at radius 2 is 1.70 bits per heavy atom. The van der Waals surface area contributed by atoms with Gasteiger partial charge in [-0.2, -0.15) is 0 Å². The molecule has 7 heteroatoms. The van der Waals surface area contributed by atoms with Gasteiger partial charge < -0.3 is 19.7 Å². The molecule has 20 heavy (non-hydrogen) atoms. The molecule has 2 N–H and O–H groups in total. The van der Waals surface area contributed by atoms with E-state index in [0.29, 0.717) is 12.8 Å². The van der Waals surface area contributed by atoms with Crippen LogP contribution in [0.3, 0.4) is 0 Å². The molecule has 0 spiro atoms. The van der Waals surface area contributed by atoms with Gasteiger partial charge in [-0.05, 0) is 19.8 Å². The van der Waals surface area contributed by atoms with Crippen LogP contribution in [0.1, 0.15) is 40.5 Å². The summed E-state index contributed by atoms with van der Waals surface area (Å²) in [6.45, 7) is 5.97. The van der Waals surface area contributed by atoms with E-state index >= 15 is 0 Å². The highest BCUT2D eigenvalue weighted by molar-refractivity contribution is 5.86. The lowest BCUT2D eigenvalue weighted by Crippen LogP contribution is -2.52. The van der Waals surface area contributed by atoms with E-state index in [2.05, 4.69) is 0 Å². The Morgan fingerprint density at radius 3 is 2.00 bits per heavy atom. The number of aliphatic carboxylic acids is 2. The first kappa shape index (κ1) is 16.4. The van der Waals surface area contributed by atoms with E-state index in [0.717, 1.165) is 0 Å². The molecule has 1 aliphatic rings. The fourth-order valence-corrected chi connectivity index (χ4v) is 3.14. The SMILES string of the molecule is CCC1(CC)[C@H](OC(C)=O)O[C@@H](C(=O)O)C1(C)C(=O)O. The summed E-state index contributed by atoms with van der Waals surface area (Å²) in [5.74, 6) is -3.29. The average molecular weight is 288 g/mol. The zero-order valence-corrected chi connectivity index (χ0v) is 12.0. The molecule has 0 aromatic rings. The van der Waals surface area contributed by atoms with Gasteiger partial charge in [0.25, 0.3) is 0 Å². The summed E-state index contributed by atoms with van der Waals surface area (Å²) >= 11 is 0. The van der Waals surface area contributed by atoms with E-state index in [9.17, 15) is 24.6 Å². The molecule has 1 heterocycles. The predicted molar refractivity (Wildman–Crippen MR) is 66.8 cm³/mol. The summed E-state index contributed by atoms with van der Waals surface area (Å²) in [4.78, 5) is 34.2. The van der Waals surface area contributed by atoms with Gasteiger partial charge in [0.2, 0.25) is 6.29 Å². The maximum absolute atomic E-state index is 11.7. The summed E-state index contributed by atoms with van der Waals surface area (Å²) in [5.41, 5.74) is -2.77. The van der Waals surface area contributed by atoms with Gasteiger partial charge in [-0.1, -0.05) is 13.8 Å². The van der Waals surface area contributed by atoms with E-state index in [1.165, 1.54) is 13.8 Å². The molecule has 1 unspecified atom stereocenters. The number of ether oxygens (including phenoxy) is 2. The molecule has 114 valence electrons. The third kappa shape index (κ3) is 2.06. The second kappa shape index (κ2) is 5.40. The molecule has 1 fully saturated rings. The van der Waals surface area contributed by atoms with E-state index in [1.807, 2.05) is 0 Å². The quantitative estimate of drug-likeness (QED) is 0.732. The standard InChI is InChI=1S/C13H20O7/c1-5-13(6-2)11(19-7(3)14)20-8(9(15)16)12(13,4)10(17)18/h8,11H,5-6H2,1-4H3,(H,15,16)(H,17,18)/t8-,11+,12?/m0/s1. The molecule has 0 amide bonds. The lowest BCUT2D eigenvalue weighted by atomic mass is 9.60. The van der Waals surface area contributed by atoms with Crippen LogP contribution in [-0.4, -0.2) is 40.5 Å². The van der Waals surface area contributed by atoms with Crippen molar-refractivity contribution in [3.05, 3.63) is 0 Å². The summed E-state index contributed by atoms with van der Waals surface area (Å²) in [6, 6.07) is 0. The Hall–Kier alpha value is -1.63. The summed E-state index contributed by atoms with van der Waals surface area (Å²) < 4.78 is 10.3. The number of carbonyl (C=O) groups excluding carboxylic acids is 1. The Balaban J connectivity index is 3.43. The smallest absolute Gasteiger partial charge is 0.334 e. The summed E-state index contributed by atoms with van der Waals surface area (Å²) in [6.07, 6.45) is -2.12. The Morgan fingerprint density at radius 1 is 1.20 bits per heavy atom. The molecule has 1 aliphatic heterocycles. The molecule has 1 saturated heterocycles. The van der Waals surface area contributed by atoms with E-state index in [1.54, 1.807) is 13.8 Å². The molecule has 0 aromatic heterocycles. The maximum atomic E-state index is 11.7. The minimum absolute atomic E-state index is 0.314. The second-order valence-corrected chi connectivity index (χ2v) is 5.17. The molecule has 0 radical (unpaired) electrons. The topological polar surface area (TPSA) is 110 Å². The molecule has 3 atom stereocenters. The van der Waals surface area contributed by atoms with Crippen molar-refractivity contribution in [1.29, 1.82) is 0 Å². The molecule has 0 bridgehead atoms. The van der Waals surface area contributed by atoms with Crippen molar-refractivity contribution in [2.75, 3.05) is 0 Å². The van der Waals surface area contributed by atoms with E-state index in [-0.39, 0.29) is 0 Å². The van der Waals surface area contributed by atoms with Gasteiger partial charge in [0.1, 0.15) is 5.41 Å². The van der Waals surface area contributed by atoms with Gasteiger partial charge in [0, 0.05) is 6.92 Å². The van der Waals surface area contributed by atoms with Gasteiger partial charge in [-0.3, -0.25) is 9.59 Å². The molecule has 0 aliphatic carbocycles. The van der Waals surface area contributed by atoms with E-state index in [4.69, 9.17) is 9.47 Å². The molecular formula is C13H20O7. The van der Waals surface area contributed by atoms with Gasteiger partial charge >= 0.3 is 17.9 Å². The van der Waals surface area contributed by atoms with Gasteiger partial charge in [0.15, 0.2) is 6.10 Å². The van der Waals surface area contributed by atoms with E-state index < -0.39 is 41.1 Å². The number of carboxylic acids is 2. The number of esters is 1. The minimum Gasteiger partial charge on any atom is -0.481 e. The Kier molecular flexibility index (Phi) is 4.43. The van der Waals surface area contributed by atoms with Crippen LogP contribution in [0, 0.1) is 10.8 Å². The number of carbonyl (C=O) groups is 3. The van der Waals surface area contributed by atoms with Crippen molar-refractivity contribution in [2.24, 2.45) is 10.8 Å². The molecular weight excluding hydrogens is 268 g/mol. The van der Waals surface area contributed by atoms with Crippen LogP contribution >= 0.6 is 0 Å². The monoisotopic (exact) mass is 288 g/mol. The summed E-state index contributed by atoms with van der Waals surface area (Å²) in [5, 5.41) is 18.8. The number of hydrogen-bond donors (Lipinski definition) is 2. The zero-order valence-electron chi connectivity index (χ0n) is 12.0. The predicted octanol–water partition coefficient (Wildman–Crippen LogP) is 1.26. The van der Waals surface area contributed by atoms with Crippen LogP contribution in [-0.2, 0) is 23.9 Å². The lowest BCUT2D eigenvalue weighted by molar-refractivity contribution is -0.196. The first-order chi connectivity index (χ1) is 9.17. The zero-order chi connectivity index (χ0) is 15.7. The molecule has 7 nitrogen and oxygen atoms in total. The van der Waals surface area contributed by atoms with Crippen LogP contribution in [0.5, 0.6) is 0 Å². The van der Waals surface area contributed by atoms with Crippen molar-refractivity contribution in [2.45, 2.75) is 52.9 Å². The van der Waals surface area contributed by atoms with Crippen LogP contribution in [0.25, 0.3) is 0 Å². The second-order valence-electron chi connectivity index (χ2n) is 5.17. The van der Waals surface area contributed by atoms with Crippen molar-refractivity contribution in [3.63, 3.8) is 0 Å². The maximum Gasteiger partial charge on any atom is 0.334 e. The highest BCUT2D eigenvalue weighted by Crippen LogP contribution is 2.57. The van der Waals surface area contributed by atoms with Crippen molar-refractivity contribution < 1.29 is 34.1 Å². The van der Waals surface area contributed by atoms with Crippen molar-refractivity contribution in [1.82, 2.24) is 0 Å². The van der Waals surface area contributed by atoms with Crippen LogP contribution in [0.2, 0.25) is 0 Å². The highest BCUT2D eigenvalue weighted by Gasteiger charge is 2.70. The van der Waals surface area contributed by atoms with Crippen LogP contribution in [0.15, 0.2) is 0 Å². The molecule has 0 saturated carbocycles. The van der Waals surface area contributed by atoms with Crippen LogP contribution < -0.4 is 0 Å². The third-order valence-corrected chi connectivity index (χ3v) is 4.47. The third-order valence-electron chi connectivity index (χ3n) is 4.47. The van der Waals surface area contributed by atoms with Gasteiger partial charge in [0.05, 0.1) is 5.41 Å². The number of carboxylic acid groups (broad SMARTS) is 2.